The molecule has 1 amide bonds. The lowest BCUT2D eigenvalue weighted by Gasteiger charge is -2.34. The third-order valence-corrected chi connectivity index (χ3v) is 6.68. The molecule has 0 aromatic heterocycles. The predicted molar refractivity (Wildman–Crippen MR) is 84.0 cm³/mol. The maximum absolute atomic E-state index is 13.0. The largest absolute Gasteiger partial charge is 0.467 e. The number of amides is 1. The van der Waals surface area contributed by atoms with Gasteiger partial charge in [0.05, 0.1) is 7.11 Å². The maximum Gasteiger partial charge on any atom is 0.328 e. The van der Waals surface area contributed by atoms with Crippen LogP contribution in [0.5, 0.6) is 0 Å². The first kappa shape index (κ1) is 15.8. The van der Waals surface area contributed by atoms with E-state index in [4.69, 9.17) is 4.74 Å². The van der Waals surface area contributed by atoms with Gasteiger partial charge in [-0.25, -0.2) is 4.79 Å². The van der Waals surface area contributed by atoms with Crippen molar-refractivity contribution in [1.29, 1.82) is 0 Å². The van der Waals surface area contributed by atoms with Crippen molar-refractivity contribution in [2.45, 2.75) is 58.9 Å². The Labute approximate surface area is 133 Å². The molecule has 2 saturated carbocycles. The average molecular weight is 307 g/mol. The molecule has 3 aliphatic rings. The van der Waals surface area contributed by atoms with Gasteiger partial charge >= 0.3 is 5.97 Å². The Morgan fingerprint density at radius 3 is 2.41 bits per heavy atom. The van der Waals surface area contributed by atoms with E-state index in [1.54, 1.807) is 0 Å². The molecule has 1 aliphatic heterocycles. The summed E-state index contributed by atoms with van der Waals surface area (Å²) in [5.74, 6) is 1.20. The van der Waals surface area contributed by atoms with Gasteiger partial charge in [-0.05, 0) is 30.1 Å². The van der Waals surface area contributed by atoms with Crippen molar-refractivity contribution in [1.82, 2.24) is 4.90 Å². The highest BCUT2D eigenvalue weighted by Gasteiger charge is 2.69. The average Bonchev–Trinajstić information content (AvgIpc) is 2.90. The molecule has 1 heterocycles. The van der Waals surface area contributed by atoms with Gasteiger partial charge in [-0.1, -0.05) is 40.0 Å². The number of fused-ring (bicyclic) bond motifs is 1. The minimum absolute atomic E-state index is 0.0352. The number of carbonyl (C=O) groups excluding carboxylic acids is 2. The summed E-state index contributed by atoms with van der Waals surface area (Å²) in [6.07, 6.45) is 6.08. The zero-order chi connectivity index (χ0) is 16.1. The van der Waals surface area contributed by atoms with E-state index in [0.717, 1.165) is 19.4 Å². The number of esters is 1. The van der Waals surface area contributed by atoms with E-state index in [9.17, 15) is 9.59 Å². The van der Waals surface area contributed by atoms with Gasteiger partial charge in [-0.15, -0.1) is 0 Å². The molecule has 22 heavy (non-hydrogen) atoms. The second kappa shape index (κ2) is 5.54. The Hall–Kier alpha value is -1.06. The Balaban J connectivity index is 1.73. The minimum atomic E-state index is -0.358. The minimum Gasteiger partial charge on any atom is -0.467 e. The molecule has 0 spiro atoms. The topological polar surface area (TPSA) is 46.6 Å². The normalized spacial score (nSPS) is 34.9. The first-order valence-electron chi connectivity index (χ1n) is 8.78. The molecule has 4 heteroatoms. The molecule has 0 radical (unpaired) electrons. The molecular weight excluding hydrogens is 278 g/mol. The van der Waals surface area contributed by atoms with Crippen molar-refractivity contribution in [3.05, 3.63) is 0 Å². The number of piperidine rings is 1. The van der Waals surface area contributed by atoms with Crippen LogP contribution in [0.2, 0.25) is 0 Å². The summed E-state index contributed by atoms with van der Waals surface area (Å²) in [6, 6.07) is -0.358. The molecule has 0 aromatic rings. The van der Waals surface area contributed by atoms with Crippen molar-refractivity contribution in [3.8, 4) is 0 Å². The molecule has 124 valence electrons. The summed E-state index contributed by atoms with van der Waals surface area (Å²) < 4.78 is 5.00. The third-order valence-electron chi connectivity index (χ3n) is 6.68. The number of methoxy groups -OCH3 is 1. The van der Waals surface area contributed by atoms with Crippen LogP contribution < -0.4 is 0 Å². The molecule has 3 rings (SSSR count). The lowest BCUT2D eigenvalue weighted by Crippen LogP contribution is -2.48. The Bertz CT molecular complexity index is 467. The van der Waals surface area contributed by atoms with Crippen LogP contribution in [0, 0.1) is 29.1 Å². The summed E-state index contributed by atoms with van der Waals surface area (Å²) in [5.41, 5.74) is 0.170. The fraction of sp³-hybridized carbons (Fsp3) is 0.889. The highest BCUT2D eigenvalue weighted by molar-refractivity contribution is 5.87. The van der Waals surface area contributed by atoms with Gasteiger partial charge in [0.2, 0.25) is 5.91 Å². The number of ether oxygens (including phenoxy) is 1. The summed E-state index contributed by atoms with van der Waals surface area (Å²) in [5, 5.41) is 0. The summed E-state index contributed by atoms with van der Waals surface area (Å²) in [6.45, 7) is 7.18. The van der Waals surface area contributed by atoms with E-state index in [0.29, 0.717) is 11.8 Å². The Morgan fingerprint density at radius 1 is 1.18 bits per heavy atom. The molecule has 2 aliphatic carbocycles. The second-order valence-electron chi connectivity index (χ2n) is 8.10. The number of hydrogen-bond donors (Lipinski definition) is 0. The molecule has 0 bridgehead atoms. The number of rotatable bonds is 3. The molecule has 3 fully saturated rings. The van der Waals surface area contributed by atoms with E-state index in [1.165, 1.54) is 26.4 Å². The van der Waals surface area contributed by atoms with Gasteiger partial charge in [0.25, 0.3) is 0 Å². The van der Waals surface area contributed by atoms with E-state index in [2.05, 4.69) is 20.8 Å². The summed E-state index contributed by atoms with van der Waals surface area (Å²) in [7, 11) is 1.43. The summed E-state index contributed by atoms with van der Waals surface area (Å²) >= 11 is 0. The highest BCUT2D eigenvalue weighted by Crippen LogP contribution is 2.65. The van der Waals surface area contributed by atoms with Gasteiger partial charge in [-0.2, -0.15) is 0 Å². The van der Waals surface area contributed by atoms with E-state index in [1.807, 2.05) is 4.90 Å². The lowest BCUT2D eigenvalue weighted by molar-refractivity contribution is -0.155. The van der Waals surface area contributed by atoms with Crippen LogP contribution in [0.3, 0.4) is 0 Å². The number of hydrogen-bond acceptors (Lipinski definition) is 3. The van der Waals surface area contributed by atoms with Crippen LogP contribution in [0.25, 0.3) is 0 Å². The van der Waals surface area contributed by atoms with Crippen LogP contribution in [0.15, 0.2) is 0 Å². The van der Waals surface area contributed by atoms with Gasteiger partial charge < -0.3 is 9.64 Å². The van der Waals surface area contributed by atoms with Crippen LogP contribution in [-0.2, 0) is 14.3 Å². The van der Waals surface area contributed by atoms with Crippen LogP contribution >= 0.6 is 0 Å². The van der Waals surface area contributed by atoms with E-state index >= 15 is 0 Å². The molecular formula is C18H29NO3. The molecule has 0 N–H and O–H groups in total. The smallest absolute Gasteiger partial charge is 0.328 e. The van der Waals surface area contributed by atoms with Crippen molar-refractivity contribution in [3.63, 3.8) is 0 Å². The van der Waals surface area contributed by atoms with Crippen molar-refractivity contribution >= 4 is 11.9 Å². The van der Waals surface area contributed by atoms with Gasteiger partial charge in [0.1, 0.15) is 6.04 Å². The van der Waals surface area contributed by atoms with Crippen LogP contribution in [-0.4, -0.2) is 36.5 Å². The zero-order valence-corrected chi connectivity index (χ0v) is 14.3. The van der Waals surface area contributed by atoms with Gasteiger partial charge in [-0.3, -0.25) is 4.79 Å². The number of carbonyl (C=O) groups is 2. The highest BCUT2D eigenvalue weighted by atomic mass is 16.5. The predicted octanol–water partition coefficient (Wildman–Crippen LogP) is 2.86. The SMILES string of the molecule is COC(=O)[C@@H]1C2C(CN1C(=O)[C@@H](C)C1CCCCC1)C2(C)C. The van der Waals surface area contributed by atoms with Gasteiger partial charge in [0, 0.05) is 18.4 Å². The molecule has 1 saturated heterocycles. The van der Waals surface area contributed by atoms with Gasteiger partial charge in [0.15, 0.2) is 0 Å². The second-order valence-corrected chi connectivity index (χ2v) is 8.10. The fourth-order valence-corrected chi connectivity index (χ4v) is 5.00. The monoisotopic (exact) mass is 307 g/mol. The maximum atomic E-state index is 13.0. The molecule has 2 unspecified atom stereocenters. The van der Waals surface area contributed by atoms with E-state index in [-0.39, 0.29) is 35.2 Å². The quantitative estimate of drug-likeness (QED) is 0.753. The zero-order valence-electron chi connectivity index (χ0n) is 14.3. The molecule has 4 atom stereocenters. The van der Waals surface area contributed by atoms with Crippen LogP contribution in [0.1, 0.15) is 52.9 Å². The van der Waals surface area contributed by atoms with E-state index < -0.39 is 0 Å². The summed E-state index contributed by atoms with van der Waals surface area (Å²) in [4.78, 5) is 27.0. The van der Waals surface area contributed by atoms with Crippen molar-refractivity contribution in [2.75, 3.05) is 13.7 Å². The molecule has 0 aromatic carbocycles. The first-order valence-corrected chi connectivity index (χ1v) is 8.78. The first-order chi connectivity index (χ1) is 10.4. The number of nitrogens with zero attached hydrogens (tertiary/aromatic N) is 1. The molecule has 4 nitrogen and oxygen atoms in total. The fourth-order valence-electron chi connectivity index (χ4n) is 5.00. The Morgan fingerprint density at radius 2 is 1.82 bits per heavy atom. The van der Waals surface area contributed by atoms with Crippen molar-refractivity contribution in [2.24, 2.45) is 29.1 Å². The Kier molecular flexibility index (Phi) is 3.98. The third kappa shape index (κ3) is 2.35. The number of likely N-dealkylation sites (tertiary alicyclic amines) is 1. The lowest BCUT2D eigenvalue weighted by atomic mass is 9.80. The van der Waals surface area contributed by atoms with Crippen molar-refractivity contribution < 1.29 is 14.3 Å². The van der Waals surface area contributed by atoms with Crippen LogP contribution in [0.4, 0.5) is 0 Å². The standard InChI is InChI=1S/C18H29NO3/c1-11(12-8-6-5-7-9-12)16(20)19-10-13-14(18(13,2)3)15(19)17(21)22-4/h11-15H,5-10H2,1-4H3/t11-,13?,14?,15-/m0/s1.